The molecular weight excluding hydrogens is 312 g/mol. The summed E-state index contributed by atoms with van der Waals surface area (Å²) in [5, 5.41) is 3.61. The van der Waals surface area contributed by atoms with E-state index in [-0.39, 0.29) is 12.0 Å². The van der Waals surface area contributed by atoms with Crippen LogP contribution in [0.2, 0.25) is 0 Å². The quantitative estimate of drug-likeness (QED) is 0.830. The Morgan fingerprint density at radius 1 is 1.20 bits per heavy atom. The SMILES string of the molecule is CCOc1ccccc1C1Nc2c(C(N)=O)cccc2C2C=CCC21. The zero-order valence-corrected chi connectivity index (χ0v) is 14.2. The number of hydrogen-bond donors (Lipinski definition) is 2. The Morgan fingerprint density at radius 2 is 2.00 bits per heavy atom. The summed E-state index contributed by atoms with van der Waals surface area (Å²) in [7, 11) is 0. The maximum absolute atomic E-state index is 11.9. The third kappa shape index (κ3) is 2.58. The molecule has 0 fully saturated rings. The molecule has 1 heterocycles. The molecule has 0 saturated heterocycles. The summed E-state index contributed by atoms with van der Waals surface area (Å²) in [6, 6.07) is 14.0. The highest BCUT2D eigenvalue weighted by Gasteiger charge is 2.40. The maximum Gasteiger partial charge on any atom is 0.250 e. The normalized spacial score (nSPS) is 23.5. The number of fused-ring (bicyclic) bond motifs is 3. The van der Waals surface area contributed by atoms with Crippen LogP contribution in [0.5, 0.6) is 5.75 Å². The van der Waals surface area contributed by atoms with Crippen LogP contribution in [0.25, 0.3) is 0 Å². The van der Waals surface area contributed by atoms with Gasteiger partial charge in [-0.25, -0.2) is 0 Å². The molecule has 1 aliphatic heterocycles. The molecule has 3 unspecified atom stereocenters. The largest absolute Gasteiger partial charge is 0.494 e. The van der Waals surface area contributed by atoms with Crippen molar-refractivity contribution < 1.29 is 9.53 Å². The standard InChI is InChI=1S/C21H22N2O2/c1-2-25-18-12-4-3-7-16(18)19-14-9-5-8-13(14)15-10-6-11-17(21(22)24)20(15)23-19/h3-8,10-14,19,23H,2,9H2,1H3,(H2,22,24). The number of hydrogen-bond acceptors (Lipinski definition) is 3. The fourth-order valence-electron chi connectivity index (χ4n) is 4.16. The summed E-state index contributed by atoms with van der Waals surface area (Å²) in [6.45, 7) is 2.62. The van der Waals surface area contributed by atoms with E-state index in [1.54, 1.807) is 6.07 Å². The van der Waals surface area contributed by atoms with Gasteiger partial charge in [0.05, 0.1) is 23.9 Å². The van der Waals surface area contributed by atoms with Gasteiger partial charge in [-0.2, -0.15) is 0 Å². The second-order valence-corrected chi connectivity index (χ2v) is 6.58. The van der Waals surface area contributed by atoms with Crippen LogP contribution in [0.4, 0.5) is 5.69 Å². The van der Waals surface area contributed by atoms with Crippen LogP contribution in [0.1, 0.15) is 46.8 Å². The van der Waals surface area contributed by atoms with Crippen LogP contribution in [0.15, 0.2) is 54.6 Å². The van der Waals surface area contributed by atoms with Crippen molar-refractivity contribution in [2.24, 2.45) is 11.7 Å². The molecule has 1 amide bonds. The van der Waals surface area contributed by atoms with Gasteiger partial charge in [0.25, 0.3) is 5.91 Å². The lowest BCUT2D eigenvalue weighted by Gasteiger charge is -2.38. The molecule has 3 N–H and O–H groups in total. The first kappa shape index (κ1) is 15.8. The summed E-state index contributed by atoms with van der Waals surface area (Å²) in [5.74, 6) is 1.18. The number of ether oxygens (including phenoxy) is 1. The van der Waals surface area contributed by atoms with Crippen molar-refractivity contribution in [2.45, 2.75) is 25.3 Å². The highest BCUT2D eigenvalue weighted by molar-refractivity contribution is 5.99. The maximum atomic E-state index is 11.9. The molecule has 3 atom stereocenters. The summed E-state index contributed by atoms with van der Waals surface area (Å²) >= 11 is 0. The van der Waals surface area contributed by atoms with Crippen LogP contribution in [0, 0.1) is 5.92 Å². The second-order valence-electron chi connectivity index (χ2n) is 6.58. The van der Waals surface area contributed by atoms with Gasteiger partial charge in [-0.3, -0.25) is 4.79 Å². The van der Waals surface area contributed by atoms with E-state index in [0.717, 1.165) is 29.0 Å². The van der Waals surface area contributed by atoms with Crippen molar-refractivity contribution >= 4 is 11.6 Å². The molecule has 0 bridgehead atoms. The van der Waals surface area contributed by atoms with E-state index in [0.29, 0.717) is 18.1 Å². The first-order valence-corrected chi connectivity index (χ1v) is 8.78. The van der Waals surface area contributed by atoms with Crippen molar-refractivity contribution in [1.82, 2.24) is 0 Å². The molecular formula is C21H22N2O2. The zero-order chi connectivity index (χ0) is 17.4. The van der Waals surface area contributed by atoms with Crippen LogP contribution < -0.4 is 15.8 Å². The highest BCUT2D eigenvalue weighted by Crippen LogP contribution is 2.51. The lowest BCUT2D eigenvalue weighted by molar-refractivity contribution is 0.100. The molecule has 0 radical (unpaired) electrons. The number of carbonyl (C=O) groups excluding carboxylic acids is 1. The summed E-state index contributed by atoms with van der Waals surface area (Å²) in [6.07, 6.45) is 5.49. The molecule has 0 saturated carbocycles. The Labute approximate surface area is 147 Å². The average Bonchev–Trinajstić information content (AvgIpc) is 3.11. The van der Waals surface area contributed by atoms with Gasteiger partial charge < -0.3 is 15.8 Å². The van der Waals surface area contributed by atoms with Crippen LogP contribution in [-0.2, 0) is 0 Å². The van der Waals surface area contributed by atoms with Crippen molar-refractivity contribution in [3.05, 3.63) is 71.3 Å². The minimum Gasteiger partial charge on any atom is -0.494 e. The summed E-state index contributed by atoms with van der Waals surface area (Å²) in [4.78, 5) is 11.9. The van der Waals surface area contributed by atoms with Gasteiger partial charge in [-0.05, 0) is 37.0 Å². The van der Waals surface area contributed by atoms with E-state index in [9.17, 15) is 4.79 Å². The highest BCUT2D eigenvalue weighted by atomic mass is 16.5. The molecule has 4 rings (SSSR count). The summed E-state index contributed by atoms with van der Waals surface area (Å²) < 4.78 is 5.85. The van der Waals surface area contributed by atoms with E-state index in [1.807, 2.05) is 31.2 Å². The topological polar surface area (TPSA) is 64.3 Å². The molecule has 0 spiro atoms. The minimum atomic E-state index is -0.401. The van der Waals surface area contributed by atoms with E-state index in [4.69, 9.17) is 10.5 Å². The van der Waals surface area contributed by atoms with E-state index >= 15 is 0 Å². The third-order valence-electron chi connectivity index (χ3n) is 5.22. The predicted octanol–water partition coefficient (Wildman–Crippen LogP) is 4.01. The molecule has 25 heavy (non-hydrogen) atoms. The minimum absolute atomic E-state index is 0.0794. The first-order chi connectivity index (χ1) is 12.2. The van der Waals surface area contributed by atoms with Crippen molar-refractivity contribution in [3.8, 4) is 5.75 Å². The number of primary amides is 1. The number of para-hydroxylation sites is 2. The van der Waals surface area contributed by atoms with E-state index < -0.39 is 5.91 Å². The Hall–Kier alpha value is -2.75. The van der Waals surface area contributed by atoms with E-state index in [2.05, 4.69) is 29.6 Å². The smallest absolute Gasteiger partial charge is 0.250 e. The molecule has 2 aromatic rings. The molecule has 128 valence electrons. The fourth-order valence-corrected chi connectivity index (χ4v) is 4.16. The molecule has 1 aliphatic carbocycles. The van der Waals surface area contributed by atoms with Crippen molar-refractivity contribution in [1.29, 1.82) is 0 Å². The van der Waals surface area contributed by atoms with Gasteiger partial charge >= 0.3 is 0 Å². The summed E-state index contributed by atoms with van der Waals surface area (Å²) in [5.41, 5.74) is 9.31. The number of carbonyl (C=O) groups is 1. The van der Waals surface area contributed by atoms with Crippen molar-refractivity contribution in [2.75, 3.05) is 11.9 Å². The van der Waals surface area contributed by atoms with Gasteiger partial charge in [0.1, 0.15) is 5.75 Å². The van der Waals surface area contributed by atoms with E-state index in [1.165, 1.54) is 0 Å². The second kappa shape index (κ2) is 6.28. The predicted molar refractivity (Wildman–Crippen MR) is 98.9 cm³/mol. The number of amides is 1. The number of nitrogens with two attached hydrogens (primary N) is 1. The Kier molecular flexibility index (Phi) is 3.96. The molecule has 2 aliphatic rings. The van der Waals surface area contributed by atoms with Gasteiger partial charge in [0.15, 0.2) is 0 Å². The fraction of sp³-hybridized carbons (Fsp3) is 0.286. The first-order valence-electron chi connectivity index (χ1n) is 8.78. The Bertz CT molecular complexity index is 844. The van der Waals surface area contributed by atoms with Crippen LogP contribution in [0.3, 0.4) is 0 Å². The molecule has 4 nitrogen and oxygen atoms in total. The number of rotatable bonds is 4. The van der Waals surface area contributed by atoms with Crippen molar-refractivity contribution in [3.63, 3.8) is 0 Å². The Balaban J connectivity index is 1.83. The Morgan fingerprint density at radius 3 is 2.80 bits per heavy atom. The molecule has 0 aromatic heterocycles. The number of benzene rings is 2. The third-order valence-corrected chi connectivity index (χ3v) is 5.22. The number of allylic oxidation sites excluding steroid dienone is 2. The number of nitrogens with one attached hydrogen (secondary N) is 1. The number of anilines is 1. The van der Waals surface area contributed by atoms with Crippen LogP contribution >= 0.6 is 0 Å². The monoisotopic (exact) mass is 334 g/mol. The van der Waals surface area contributed by atoms with Gasteiger partial charge in [0.2, 0.25) is 0 Å². The molecule has 4 heteroatoms. The van der Waals surface area contributed by atoms with Gasteiger partial charge in [-0.1, -0.05) is 42.5 Å². The van der Waals surface area contributed by atoms with Crippen LogP contribution in [-0.4, -0.2) is 12.5 Å². The zero-order valence-electron chi connectivity index (χ0n) is 14.2. The lowest BCUT2D eigenvalue weighted by atomic mass is 9.76. The molecule has 2 aromatic carbocycles. The average molecular weight is 334 g/mol. The lowest BCUT2D eigenvalue weighted by Crippen LogP contribution is -2.31. The van der Waals surface area contributed by atoms with Gasteiger partial charge in [0, 0.05) is 11.5 Å². The van der Waals surface area contributed by atoms with Gasteiger partial charge in [-0.15, -0.1) is 0 Å².